The Morgan fingerprint density at radius 1 is 1.07 bits per heavy atom. The molecule has 5 nitrogen and oxygen atoms in total. The molecule has 29 heavy (non-hydrogen) atoms. The summed E-state index contributed by atoms with van der Waals surface area (Å²) in [5.74, 6) is 0.251. The second-order valence-electron chi connectivity index (χ2n) is 7.06. The average molecular weight is 461 g/mol. The molecule has 0 bridgehead atoms. The van der Waals surface area contributed by atoms with E-state index in [4.69, 9.17) is 4.74 Å². The van der Waals surface area contributed by atoms with E-state index in [1.807, 2.05) is 56.3 Å². The number of nitrogens with one attached hydrogen (secondary N) is 1. The van der Waals surface area contributed by atoms with Crippen LogP contribution in [0.15, 0.2) is 59.1 Å². The van der Waals surface area contributed by atoms with Gasteiger partial charge in [-0.3, -0.25) is 9.59 Å². The fraction of sp³-hybridized carbons (Fsp3) is 0.391. The van der Waals surface area contributed by atoms with Crippen LogP contribution in [-0.2, 0) is 16.0 Å². The fourth-order valence-electron chi connectivity index (χ4n) is 2.79. The molecule has 2 atom stereocenters. The minimum Gasteiger partial charge on any atom is -0.484 e. The standard InChI is InChI=1S/C23H29BrN2O3/c1-4-17(2)25-23(28)18(3)26(15-14-19-8-6-5-7-9-19)22(27)16-29-21-12-10-20(24)11-13-21/h5-13,17-18H,4,14-16H2,1-3H3,(H,25,28)/t17-,18-/m0/s1. The highest BCUT2D eigenvalue weighted by atomic mass is 79.9. The number of hydrogen-bond donors (Lipinski definition) is 1. The summed E-state index contributed by atoms with van der Waals surface area (Å²) in [4.78, 5) is 27.1. The first-order chi connectivity index (χ1) is 13.9. The summed E-state index contributed by atoms with van der Waals surface area (Å²) in [6, 6.07) is 16.7. The zero-order valence-electron chi connectivity index (χ0n) is 17.2. The molecule has 0 aliphatic carbocycles. The van der Waals surface area contributed by atoms with Gasteiger partial charge in [-0.25, -0.2) is 0 Å². The molecule has 0 radical (unpaired) electrons. The van der Waals surface area contributed by atoms with Gasteiger partial charge in [0.2, 0.25) is 5.91 Å². The number of carbonyl (C=O) groups is 2. The zero-order chi connectivity index (χ0) is 21.2. The van der Waals surface area contributed by atoms with Gasteiger partial charge >= 0.3 is 0 Å². The Bertz CT molecular complexity index is 780. The van der Waals surface area contributed by atoms with Crippen molar-refractivity contribution in [3.05, 3.63) is 64.6 Å². The van der Waals surface area contributed by atoms with Crippen LogP contribution in [0, 0.1) is 0 Å². The van der Waals surface area contributed by atoms with Gasteiger partial charge in [-0.2, -0.15) is 0 Å². The van der Waals surface area contributed by atoms with Gasteiger partial charge in [0.05, 0.1) is 0 Å². The number of carbonyl (C=O) groups excluding carboxylic acids is 2. The van der Waals surface area contributed by atoms with E-state index in [2.05, 4.69) is 21.2 Å². The van der Waals surface area contributed by atoms with E-state index in [0.717, 1.165) is 16.5 Å². The van der Waals surface area contributed by atoms with Gasteiger partial charge in [-0.1, -0.05) is 53.2 Å². The molecule has 0 heterocycles. The van der Waals surface area contributed by atoms with Crippen LogP contribution < -0.4 is 10.1 Å². The number of amides is 2. The van der Waals surface area contributed by atoms with Crippen molar-refractivity contribution in [3.63, 3.8) is 0 Å². The van der Waals surface area contributed by atoms with Crippen molar-refractivity contribution in [2.45, 2.75) is 45.7 Å². The van der Waals surface area contributed by atoms with Crippen LogP contribution in [0.5, 0.6) is 5.75 Å². The van der Waals surface area contributed by atoms with Gasteiger partial charge in [0.1, 0.15) is 11.8 Å². The number of hydrogen-bond acceptors (Lipinski definition) is 3. The molecule has 0 saturated heterocycles. The molecule has 0 spiro atoms. The molecule has 0 aromatic heterocycles. The summed E-state index contributed by atoms with van der Waals surface area (Å²) >= 11 is 3.38. The lowest BCUT2D eigenvalue weighted by molar-refractivity contribution is -0.141. The Morgan fingerprint density at radius 2 is 1.72 bits per heavy atom. The lowest BCUT2D eigenvalue weighted by atomic mass is 10.1. The average Bonchev–Trinajstić information content (AvgIpc) is 2.73. The van der Waals surface area contributed by atoms with Gasteiger partial charge in [0.25, 0.3) is 5.91 Å². The smallest absolute Gasteiger partial charge is 0.261 e. The van der Waals surface area contributed by atoms with Crippen molar-refractivity contribution in [1.29, 1.82) is 0 Å². The maximum absolute atomic E-state index is 12.9. The number of ether oxygens (including phenoxy) is 1. The first-order valence-electron chi connectivity index (χ1n) is 9.92. The second kappa shape index (κ2) is 11.6. The Kier molecular flexibility index (Phi) is 9.19. The van der Waals surface area contributed by atoms with Crippen molar-refractivity contribution in [2.24, 2.45) is 0 Å². The molecule has 2 aromatic rings. The molecular weight excluding hydrogens is 432 g/mol. The predicted octanol–water partition coefficient (Wildman–Crippen LogP) is 4.20. The molecule has 2 amide bonds. The third-order valence-corrected chi connectivity index (χ3v) is 5.36. The molecule has 6 heteroatoms. The molecule has 0 saturated carbocycles. The SMILES string of the molecule is CC[C@H](C)NC(=O)[C@H](C)N(CCc1ccccc1)C(=O)COc1ccc(Br)cc1. The van der Waals surface area contributed by atoms with Gasteiger partial charge in [0, 0.05) is 17.1 Å². The van der Waals surface area contributed by atoms with Crippen LogP contribution in [0.3, 0.4) is 0 Å². The molecule has 156 valence electrons. The van der Waals surface area contributed by atoms with Crippen LogP contribution in [0.25, 0.3) is 0 Å². The molecule has 2 aromatic carbocycles. The highest BCUT2D eigenvalue weighted by Gasteiger charge is 2.26. The Balaban J connectivity index is 2.05. The first-order valence-corrected chi connectivity index (χ1v) is 10.7. The summed E-state index contributed by atoms with van der Waals surface area (Å²) in [5.41, 5.74) is 1.12. The second-order valence-corrected chi connectivity index (χ2v) is 7.97. The third-order valence-electron chi connectivity index (χ3n) is 4.83. The van der Waals surface area contributed by atoms with Crippen LogP contribution in [0.1, 0.15) is 32.8 Å². The van der Waals surface area contributed by atoms with Crippen LogP contribution in [-0.4, -0.2) is 41.9 Å². The molecule has 1 N–H and O–H groups in total. The Labute approximate surface area is 181 Å². The lowest BCUT2D eigenvalue weighted by Crippen LogP contribution is -2.51. The number of rotatable bonds is 10. The van der Waals surface area contributed by atoms with E-state index in [-0.39, 0.29) is 24.5 Å². The van der Waals surface area contributed by atoms with E-state index in [0.29, 0.717) is 18.7 Å². The van der Waals surface area contributed by atoms with Crippen LogP contribution in [0.2, 0.25) is 0 Å². The maximum atomic E-state index is 12.9. The Hall–Kier alpha value is -2.34. The third kappa shape index (κ3) is 7.54. The topological polar surface area (TPSA) is 58.6 Å². The van der Waals surface area contributed by atoms with Crippen LogP contribution in [0.4, 0.5) is 0 Å². The van der Waals surface area contributed by atoms with E-state index < -0.39 is 6.04 Å². The summed E-state index contributed by atoms with van der Waals surface area (Å²) in [5, 5.41) is 2.96. The summed E-state index contributed by atoms with van der Waals surface area (Å²) in [6.45, 7) is 6.07. The Morgan fingerprint density at radius 3 is 2.34 bits per heavy atom. The highest BCUT2D eigenvalue weighted by molar-refractivity contribution is 9.10. The monoisotopic (exact) mass is 460 g/mol. The zero-order valence-corrected chi connectivity index (χ0v) is 18.8. The van der Waals surface area contributed by atoms with Crippen molar-refractivity contribution in [2.75, 3.05) is 13.2 Å². The largest absolute Gasteiger partial charge is 0.484 e. The molecule has 0 aliphatic rings. The van der Waals surface area contributed by atoms with Gasteiger partial charge < -0.3 is 15.0 Å². The quantitative estimate of drug-likeness (QED) is 0.577. The minimum atomic E-state index is -0.575. The number of halogens is 1. The maximum Gasteiger partial charge on any atom is 0.261 e. The summed E-state index contributed by atoms with van der Waals surface area (Å²) in [7, 11) is 0. The van der Waals surface area contributed by atoms with Crippen molar-refractivity contribution in [3.8, 4) is 5.75 Å². The van der Waals surface area contributed by atoms with Gasteiger partial charge in [-0.05, 0) is 56.5 Å². The van der Waals surface area contributed by atoms with E-state index in [9.17, 15) is 9.59 Å². The van der Waals surface area contributed by atoms with Crippen molar-refractivity contribution in [1.82, 2.24) is 10.2 Å². The fourth-order valence-corrected chi connectivity index (χ4v) is 3.06. The summed E-state index contributed by atoms with van der Waals surface area (Å²) < 4.78 is 6.58. The molecule has 0 unspecified atom stereocenters. The molecule has 0 aliphatic heterocycles. The first kappa shape index (κ1) is 22.9. The van der Waals surface area contributed by atoms with Crippen molar-refractivity contribution < 1.29 is 14.3 Å². The predicted molar refractivity (Wildman–Crippen MR) is 119 cm³/mol. The van der Waals surface area contributed by atoms with Crippen molar-refractivity contribution >= 4 is 27.7 Å². The number of benzene rings is 2. The molecule has 0 fully saturated rings. The number of nitrogens with zero attached hydrogens (tertiary/aromatic N) is 1. The molecular formula is C23H29BrN2O3. The van der Waals surface area contributed by atoms with Crippen LogP contribution >= 0.6 is 15.9 Å². The minimum absolute atomic E-state index is 0.0649. The molecule has 2 rings (SSSR count). The lowest BCUT2D eigenvalue weighted by Gasteiger charge is -2.29. The van der Waals surface area contributed by atoms with Gasteiger partial charge in [-0.15, -0.1) is 0 Å². The van der Waals surface area contributed by atoms with E-state index in [1.165, 1.54) is 0 Å². The highest BCUT2D eigenvalue weighted by Crippen LogP contribution is 2.16. The summed E-state index contributed by atoms with van der Waals surface area (Å²) in [6.07, 6.45) is 1.51. The normalized spacial score (nSPS) is 12.7. The van der Waals surface area contributed by atoms with E-state index in [1.54, 1.807) is 24.0 Å². The van der Waals surface area contributed by atoms with Gasteiger partial charge in [0.15, 0.2) is 6.61 Å². The van der Waals surface area contributed by atoms with E-state index >= 15 is 0 Å².